The van der Waals surface area contributed by atoms with Crippen molar-refractivity contribution >= 4 is 17.9 Å². The second-order valence-corrected chi connectivity index (χ2v) is 5.61. The number of benzene rings is 2. The Morgan fingerprint density at radius 2 is 1.63 bits per heavy atom. The van der Waals surface area contributed by atoms with Crippen molar-refractivity contribution < 1.29 is 30.0 Å². The first-order chi connectivity index (χ1) is 12.9. The number of aliphatic hydroxyl groups excluding tert-OH is 2. The average Bonchev–Trinajstić information content (AvgIpc) is 2.65. The lowest BCUT2D eigenvalue weighted by atomic mass is 10.1. The number of methoxy groups -OCH3 is 1. The van der Waals surface area contributed by atoms with E-state index in [1.165, 1.54) is 43.5 Å². The maximum atomic E-state index is 11.9. The Morgan fingerprint density at radius 1 is 1.00 bits per heavy atom. The Hall–Kier alpha value is -3.51. The number of ether oxygens (including phenoxy) is 1. The van der Waals surface area contributed by atoms with Gasteiger partial charge in [0.2, 0.25) is 0 Å². The van der Waals surface area contributed by atoms with E-state index in [2.05, 4.69) is 0 Å². The molecule has 2 aromatic carbocycles. The lowest BCUT2D eigenvalue weighted by Crippen LogP contribution is -1.89. The van der Waals surface area contributed by atoms with E-state index in [1.54, 1.807) is 24.3 Å². The third-order valence-corrected chi connectivity index (χ3v) is 3.67. The van der Waals surface area contributed by atoms with Crippen LogP contribution in [0.4, 0.5) is 0 Å². The first-order valence-corrected chi connectivity index (χ1v) is 8.03. The summed E-state index contributed by atoms with van der Waals surface area (Å²) < 4.78 is 4.99. The molecule has 0 aliphatic carbocycles. The van der Waals surface area contributed by atoms with Crippen molar-refractivity contribution in [3.63, 3.8) is 0 Å². The zero-order valence-corrected chi connectivity index (χ0v) is 14.7. The van der Waals surface area contributed by atoms with Crippen molar-refractivity contribution in [3.8, 4) is 17.2 Å². The van der Waals surface area contributed by atoms with Crippen molar-refractivity contribution in [2.75, 3.05) is 7.11 Å². The van der Waals surface area contributed by atoms with Gasteiger partial charge >= 0.3 is 0 Å². The first-order valence-electron chi connectivity index (χ1n) is 8.03. The Morgan fingerprint density at radius 3 is 2.22 bits per heavy atom. The van der Waals surface area contributed by atoms with E-state index in [9.17, 15) is 20.1 Å². The number of phenols is 2. The summed E-state index contributed by atoms with van der Waals surface area (Å²) in [6, 6.07) is 9.30. The van der Waals surface area contributed by atoms with Gasteiger partial charge in [-0.25, -0.2) is 0 Å². The Kier molecular flexibility index (Phi) is 6.79. The van der Waals surface area contributed by atoms with Crippen LogP contribution in [0.5, 0.6) is 17.2 Å². The van der Waals surface area contributed by atoms with Crippen LogP contribution < -0.4 is 4.74 Å². The minimum atomic E-state index is -0.485. The Balaban J connectivity index is 2.05. The third kappa shape index (κ3) is 5.76. The molecule has 0 amide bonds. The molecule has 0 heterocycles. The van der Waals surface area contributed by atoms with Crippen molar-refractivity contribution in [2.45, 2.75) is 6.61 Å². The summed E-state index contributed by atoms with van der Waals surface area (Å²) in [5.74, 6) is -0.360. The van der Waals surface area contributed by atoms with Gasteiger partial charge in [-0.3, -0.25) is 4.79 Å². The van der Waals surface area contributed by atoms with Gasteiger partial charge in [-0.05, 0) is 48.1 Å². The highest BCUT2D eigenvalue weighted by molar-refractivity contribution is 6.02. The van der Waals surface area contributed by atoms with Crippen LogP contribution in [-0.2, 0) is 11.4 Å². The SMILES string of the molecule is COc1ccc(/C=C/C(O)=C/C(=O)/C=C/c2ccc(CO)cc2O)c(O)c1. The number of allylic oxidation sites excluding steroid dienone is 3. The average molecular weight is 368 g/mol. The second-order valence-electron chi connectivity index (χ2n) is 5.61. The van der Waals surface area contributed by atoms with E-state index in [-0.39, 0.29) is 23.9 Å². The molecular weight excluding hydrogens is 348 g/mol. The summed E-state index contributed by atoms with van der Waals surface area (Å²) in [6.45, 7) is -0.191. The molecule has 140 valence electrons. The van der Waals surface area contributed by atoms with Crippen LogP contribution in [0, 0.1) is 0 Å². The minimum absolute atomic E-state index is 0.0218. The summed E-state index contributed by atoms with van der Waals surface area (Å²) in [5, 5.41) is 38.5. The number of aliphatic hydroxyl groups is 2. The van der Waals surface area contributed by atoms with Gasteiger partial charge in [0.05, 0.1) is 13.7 Å². The van der Waals surface area contributed by atoms with E-state index in [1.807, 2.05) is 0 Å². The van der Waals surface area contributed by atoms with Crippen molar-refractivity contribution in [1.29, 1.82) is 0 Å². The number of rotatable bonds is 7. The number of carbonyl (C=O) groups excluding carboxylic acids is 1. The monoisotopic (exact) mass is 368 g/mol. The summed E-state index contributed by atoms with van der Waals surface area (Å²) >= 11 is 0. The number of hydrogen-bond acceptors (Lipinski definition) is 6. The predicted molar refractivity (Wildman–Crippen MR) is 102 cm³/mol. The number of hydrogen-bond donors (Lipinski definition) is 4. The number of carbonyl (C=O) groups is 1. The number of ketones is 1. The topological polar surface area (TPSA) is 107 Å². The van der Waals surface area contributed by atoms with Gasteiger partial charge < -0.3 is 25.2 Å². The van der Waals surface area contributed by atoms with Gasteiger partial charge in [-0.1, -0.05) is 12.1 Å². The van der Waals surface area contributed by atoms with Gasteiger partial charge in [-0.2, -0.15) is 0 Å². The minimum Gasteiger partial charge on any atom is -0.508 e. The van der Waals surface area contributed by atoms with E-state index in [0.29, 0.717) is 22.4 Å². The van der Waals surface area contributed by atoms with Crippen LogP contribution in [0.25, 0.3) is 12.2 Å². The maximum Gasteiger partial charge on any atom is 0.182 e. The van der Waals surface area contributed by atoms with Crippen molar-refractivity contribution in [2.24, 2.45) is 0 Å². The molecular formula is C21H20O6. The number of phenolic OH excluding ortho intramolecular Hbond substituents is 2. The molecule has 0 aromatic heterocycles. The van der Waals surface area contributed by atoms with Gasteiger partial charge in [0.1, 0.15) is 23.0 Å². The van der Waals surface area contributed by atoms with Crippen LogP contribution in [-0.4, -0.2) is 33.3 Å². The normalized spacial score (nSPS) is 12.0. The fourth-order valence-electron chi connectivity index (χ4n) is 2.21. The molecule has 6 heteroatoms. The second kappa shape index (κ2) is 9.26. The molecule has 2 rings (SSSR count). The molecule has 0 atom stereocenters. The van der Waals surface area contributed by atoms with E-state index < -0.39 is 5.78 Å². The Bertz CT molecular complexity index is 909. The van der Waals surface area contributed by atoms with Gasteiger partial charge in [0.15, 0.2) is 5.78 Å². The molecule has 0 bridgehead atoms. The van der Waals surface area contributed by atoms with Crippen LogP contribution >= 0.6 is 0 Å². The highest BCUT2D eigenvalue weighted by Crippen LogP contribution is 2.24. The van der Waals surface area contributed by atoms with E-state index >= 15 is 0 Å². The maximum absolute atomic E-state index is 11.9. The fourth-order valence-corrected chi connectivity index (χ4v) is 2.21. The van der Waals surface area contributed by atoms with Gasteiger partial charge in [0.25, 0.3) is 0 Å². The quantitative estimate of drug-likeness (QED) is 0.339. The largest absolute Gasteiger partial charge is 0.508 e. The van der Waals surface area contributed by atoms with Crippen LogP contribution in [0.2, 0.25) is 0 Å². The molecule has 0 fully saturated rings. The van der Waals surface area contributed by atoms with E-state index in [0.717, 1.165) is 6.08 Å². The highest BCUT2D eigenvalue weighted by Gasteiger charge is 2.02. The molecule has 0 aliphatic rings. The van der Waals surface area contributed by atoms with Crippen molar-refractivity contribution in [3.05, 3.63) is 77.1 Å². The first kappa shape index (κ1) is 19.8. The smallest absolute Gasteiger partial charge is 0.182 e. The van der Waals surface area contributed by atoms with Crippen molar-refractivity contribution in [1.82, 2.24) is 0 Å². The highest BCUT2D eigenvalue weighted by atomic mass is 16.5. The molecule has 0 saturated carbocycles. The molecule has 0 spiro atoms. The lowest BCUT2D eigenvalue weighted by molar-refractivity contribution is -0.110. The predicted octanol–water partition coefficient (Wildman–Crippen LogP) is 3.34. The molecule has 27 heavy (non-hydrogen) atoms. The van der Waals surface area contributed by atoms with Gasteiger partial charge in [0, 0.05) is 23.3 Å². The molecule has 0 aliphatic heterocycles. The summed E-state index contributed by atoms with van der Waals surface area (Å²) in [4.78, 5) is 11.9. The summed E-state index contributed by atoms with van der Waals surface area (Å²) in [5.41, 5.74) is 1.42. The van der Waals surface area contributed by atoms with Gasteiger partial charge in [-0.15, -0.1) is 0 Å². The van der Waals surface area contributed by atoms with Crippen LogP contribution in [0.3, 0.4) is 0 Å². The Labute approximate surface area is 156 Å². The molecule has 0 radical (unpaired) electrons. The molecule has 4 N–H and O–H groups in total. The third-order valence-electron chi connectivity index (χ3n) is 3.67. The number of aromatic hydroxyl groups is 2. The lowest BCUT2D eigenvalue weighted by Gasteiger charge is -2.02. The molecule has 6 nitrogen and oxygen atoms in total. The fraction of sp³-hybridized carbons (Fsp3) is 0.0952. The summed E-state index contributed by atoms with van der Waals surface area (Å²) in [7, 11) is 1.48. The van der Waals surface area contributed by atoms with Crippen LogP contribution in [0.1, 0.15) is 16.7 Å². The zero-order chi connectivity index (χ0) is 19.8. The van der Waals surface area contributed by atoms with Crippen LogP contribution in [0.15, 0.2) is 60.4 Å². The standard InChI is InChI=1S/C21H20O6/c1-27-19-9-6-16(21(26)12-19)5-8-18(24)11-17(23)7-4-15-3-2-14(13-22)10-20(15)25/h2-12,22,24-26H,13H2,1H3/b7-4+,8-5+,18-11-. The molecule has 0 unspecified atom stereocenters. The molecule has 0 saturated heterocycles. The summed E-state index contributed by atoms with van der Waals surface area (Å²) in [6.07, 6.45) is 6.34. The molecule has 2 aromatic rings. The zero-order valence-electron chi connectivity index (χ0n) is 14.7. The van der Waals surface area contributed by atoms with E-state index in [4.69, 9.17) is 9.84 Å².